The zero-order chi connectivity index (χ0) is 17.8. The second kappa shape index (κ2) is 8.24. The van der Waals surface area contributed by atoms with Gasteiger partial charge in [-0.3, -0.25) is 4.79 Å². The molecule has 1 aromatic carbocycles. The summed E-state index contributed by atoms with van der Waals surface area (Å²) in [5.41, 5.74) is 0.982. The van der Waals surface area contributed by atoms with E-state index in [9.17, 15) is 4.79 Å². The van der Waals surface area contributed by atoms with Crippen LogP contribution in [0.3, 0.4) is 0 Å². The lowest BCUT2D eigenvalue weighted by Crippen LogP contribution is -2.35. The predicted octanol–water partition coefficient (Wildman–Crippen LogP) is 4.78. The highest BCUT2D eigenvalue weighted by molar-refractivity contribution is 6.35. The predicted molar refractivity (Wildman–Crippen MR) is 101 cm³/mol. The molecule has 1 heterocycles. The lowest BCUT2D eigenvalue weighted by molar-refractivity contribution is -0.135. The van der Waals surface area contributed by atoms with Gasteiger partial charge in [-0.2, -0.15) is 0 Å². The van der Waals surface area contributed by atoms with Gasteiger partial charge in [0.2, 0.25) is 5.91 Å². The lowest BCUT2D eigenvalue weighted by Gasteiger charge is -2.24. The Bertz CT molecular complexity index is 738. The molecule has 1 aliphatic rings. The van der Waals surface area contributed by atoms with Crippen molar-refractivity contribution in [2.24, 2.45) is 5.92 Å². The van der Waals surface area contributed by atoms with Crippen molar-refractivity contribution in [1.82, 2.24) is 14.5 Å². The molecule has 0 aliphatic heterocycles. The van der Waals surface area contributed by atoms with Crippen molar-refractivity contribution in [3.05, 3.63) is 52.0 Å². The molecule has 0 spiro atoms. The average Bonchev–Trinajstić information content (AvgIpc) is 3.26. The van der Waals surface area contributed by atoms with Gasteiger partial charge in [0, 0.05) is 34.9 Å². The maximum Gasteiger partial charge on any atom is 0.226 e. The minimum Gasteiger partial charge on any atom is -0.335 e. The number of halogens is 2. The summed E-state index contributed by atoms with van der Waals surface area (Å²) in [4.78, 5) is 19.1. The van der Waals surface area contributed by atoms with Crippen LogP contribution in [0.4, 0.5) is 0 Å². The van der Waals surface area contributed by atoms with Gasteiger partial charge < -0.3 is 9.47 Å². The van der Waals surface area contributed by atoms with Gasteiger partial charge >= 0.3 is 0 Å². The number of benzene rings is 1. The van der Waals surface area contributed by atoms with Crippen LogP contribution in [0.1, 0.15) is 44.0 Å². The molecule has 1 saturated carbocycles. The number of rotatable bonds is 6. The summed E-state index contributed by atoms with van der Waals surface area (Å²) < 4.78 is 2.04. The second-order valence-electron chi connectivity index (χ2n) is 6.54. The van der Waals surface area contributed by atoms with Crippen LogP contribution >= 0.6 is 23.2 Å². The third kappa shape index (κ3) is 4.36. The van der Waals surface area contributed by atoms with Crippen molar-refractivity contribution in [2.45, 2.75) is 45.7 Å². The molecule has 0 bridgehead atoms. The minimum absolute atomic E-state index is 0.189. The minimum atomic E-state index is 0.189. The molecule has 134 valence electrons. The number of hydrogen-bond acceptors (Lipinski definition) is 2. The molecule has 3 rings (SSSR count). The number of carbonyl (C=O) groups is 1. The Balaban J connectivity index is 1.73. The fourth-order valence-corrected chi connectivity index (χ4v) is 3.88. The van der Waals surface area contributed by atoms with Gasteiger partial charge in [0.15, 0.2) is 0 Å². The van der Waals surface area contributed by atoms with Crippen LogP contribution in [-0.2, 0) is 17.9 Å². The average molecular weight is 380 g/mol. The SMILES string of the molecule is CCN(Cc1nccn1Cc1ccc(Cl)cc1Cl)C(=O)C1CCCC1. The molecule has 25 heavy (non-hydrogen) atoms. The summed E-state index contributed by atoms with van der Waals surface area (Å²) in [7, 11) is 0. The van der Waals surface area contributed by atoms with Crippen molar-refractivity contribution in [3.63, 3.8) is 0 Å². The molecule has 0 unspecified atom stereocenters. The zero-order valence-electron chi connectivity index (χ0n) is 14.4. The van der Waals surface area contributed by atoms with E-state index in [0.717, 1.165) is 37.1 Å². The highest BCUT2D eigenvalue weighted by Crippen LogP contribution is 2.27. The highest BCUT2D eigenvalue weighted by Gasteiger charge is 2.27. The Morgan fingerprint density at radius 2 is 2.08 bits per heavy atom. The first-order valence-electron chi connectivity index (χ1n) is 8.81. The molecule has 1 fully saturated rings. The molecule has 0 saturated heterocycles. The van der Waals surface area contributed by atoms with E-state index in [-0.39, 0.29) is 11.8 Å². The molecule has 2 aromatic rings. The van der Waals surface area contributed by atoms with Gasteiger partial charge in [0.05, 0.1) is 13.1 Å². The third-order valence-corrected chi connectivity index (χ3v) is 5.47. The van der Waals surface area contributed by atoms with E-state index in [2.05, 4.69) is 4.98 Å². The van der Waals surface area contributed by atoms with Crippen LogP contribution in [0.5, 0.6) is 0 Å². The summed E-state index contributed by atoms with van der Waals surface area (Å²) in [6, 6.07) is 5.51. The van der Waals surface area contributed by atoms with Gasteiger partial charge in [-0.15, -0.1) is 0 Å². The largest absolute Gasteiger partial charge is 0.335 e. The summed E-state index contributed by atoms with van der Waals surface area (Å²) in [6.07, 6.45) is 8.06. The number of hydrogen-bond donors (Lipinski definition) is 0. The Morgan fingerprint density at radius 1 is 1.32 bits per heavy atom. The van der Waals surface area contributed by atoms with Crippen molar-refractivity contribution < 1.29 is 4.79 Å². The Kier molecular flexibility index (Phi) is 6.02. The normalized spacial score (nSPS) is 14.8. The van der Waals surface area contributed by atoms with Crippen LogP contribution < -0.4 is 0 Å². The Hall–Kier alpha value is -1.52. The van der Waals surface area contributed by atoms with Gasteiger partial charge in [0.1, 0.15) is 5.82 Å². The number of aromatic nitrogens is 2. The summed E-state index contributed by atoms with van der Waals surface area (Å²) >= 11 is 12.3. The van der Waals surface area contributed by atoms with Crippen LogP contribution in [0, 0.1) is 5.92 Å². The van der Waals surface area contributed by atoms with E-state index >= 15 is 0 Å². The third-order valence-electron chi connectivity index (χ3n) is 4.89. The first-order valence-corrected chi connectivity index (χ1v) is 9.56. The molecule has 1 aliphatic carbocycles. The van der Waals surface area contributed by atoms with Gasteiger partial charge in [-0.05, 0) is 37.5 Å². The molecule has 1 amide bonds. The first kappa shape index (κ1) is 18.3. The zero-order valence-corrected chi connectivity index (χ0v) is 15.9. The number of nitrogens with zero attached hydrogens (tertiary/aromatic N) is 3. The summed E-state index contributed by atoms with van der Waals surface area (Å²) in [5.74, 6) is 1.33. The Labute approximate surface area is 158 Å². The topological polar surface area (TPSA) is 38.1 Å². The molecule has 1 aromatic heterocycles. The molecule has 0 radical (unpaired) electrons. The smallest absolute Gasteiger partial charge is 0.226 e. The summed E-state index contributed by atoms with van der Waals surface area (Å²) in [5, 5.41) is 1.26. The number of amides is 1. The first-order chi connectivity index (χ1) is 12.1. The van der Waals surface area contributed by atoms with E-state index in [1.165, 1.54) is 0 Å². The molecule has 0 atom stereocenters. The fourth-order valence-electron chi connectivity index (χ4n) is 3.42. The van der Waals surface area contributed by atoms with E-state index in [4.69, 9.17) is 23.2 Å². The fraction of sp³-hybridized carbons (Fsp3) is 0.474. The van der Waals surface area contributed by atoms with Gasteiger partial charge in [-0.1, -0.05) is 42.1 Å². The van der Waals surface area contributed by atoms with Crippen LogP contribution in [0.15, 0.2) is 30.6 Å². The van der Waals surface area contributed by atoms with Crippen molar-refractivity contribution in [3.8, 4) is 0 Å². The maximum absolute atomic E-state index is 12.7. The molecule has 6 heteroatoms. The summed E-state index contributed by atoms with van der Waals surface area (Å²) in [6.45, 7) is 3.87. The van der Waals surface area contributed by atoms with Gasteiger partial charge in [-0.25, -0.2) is 4.98 Å². The van der Waals surface area contributed by atoms with Crippen LogP contribution in [0.25, 0.3) is 0 Å². The standard InChI is InChI=1S/C19H23Cl2N3O/c1-2-23(19(25)14-5-3-4-6-14)13-18-22-9-10-24(18)12-15-7-8-16(20)11-17(15)21/h7-11,14H,2-6,12-13H2,1H3. The monoisotopic (exact) mass is 379 g/mol. The van der Waals surface area contributed by atoms with Crippen LogP contribution in [0.2, 0.25) is 10.0 Å². The quantitative estimate of drug-likeness (QED) is 0.724. The van der Waals surface area contributed by atoms with Crippen molar-refractivity contribution in [2.75, 3.05) is 6.54 Å². The number of carbonyl (C=O) groups excluding carboxylic acids is 1. The molecule has 4 nitrogen and oxygen atoms in total. The molecular weight excluding hydrogens is 357 g/mol. The van der Waals surface area contributed by atoms with Crippen molar-refractivity contribution in [1.29, 1.82) is 0 Å². The molecule has 0 N–H and O–H groups in total. The van der Waals surface area contributed by atoms with Gasteiger partial charge in [0.25, 0.3) is 0 Å². The van der Waals surface area contributed by atoms with Crippen LogP contribution in [-0.4, -0.2) is 26.9 Å². The van der Waals surface area contributed by atoms with E-state index in [1.54, 1.807) is 12.3 Å². The van der Waals surface area contributed by atoms with Crippen molar-refractivity contribution >= 4 is 29.1 Å². The second-order valence-corrected chi connectivity index (χ2v) is 7.38. The molecular formula is C19H23Cl2N3O. The Morgan fingerprint density at radius 3 is 2.76 bits per heavy atom. The van der Waals surface area contributed by atoms with E-state index < -0.39 is 0 Å². The van der Waals surface area contributed by atoms with E-state index in [1.807, 2.05) is 34.7 Å². The highest BCUT2D eigenvalue weighted by atomic mass is 35.5. The maximum atomic E-state index is 12.7. The van der Waals surface area contributed by atoms with E-state index in [0.29, 0.717) is 29.7 Å². The lowest BCUT2D eigenvalue weighted by atomic mass is 10.1. The number of imidazole rings is 1.